The molecule has 3 N–H and O–H groups in total. The van der Waals surface area contributed by atoms with Gasteiger partial charge in [0.2, 0.25) is 13.1 Å². The van der Waals surface area contributed by atoms with Crippen LogP contribution in [0.1, 0.15) is 12.8 Å². The smallest absolute Gasteiger partial charge is 0.307 e. The number of carbonyl (C=O) groups is 2. The molecule has 0 fully saturated rings. The normalized spacial score (nSPS) is 14.2. The van der Waals surface area contributed by atoms with Crippen molar-refractivity contribution in [2.75, 3.05) is 27.5 Å². The van der Waals surface area contributed by atoms with Crippen molar-refractivity contribution in [3.05, 3.63) is 12.1 Å². The Labute approximate surface area is 144 Å². The molecule has 2 unspecified atom stereocenters. The molecule has 0 saturated carbocycles. The average molecular weight is 376 g/mol. The van der Waals surface area contributed by atoms with Crippen LogP contribution in [0.4, 0.5) is 0 Å². The number of carboxylic acid groups (broad SMARTS) is 2. The zero-order valence-electron chi connectivity index (χ0n) is 14.1. The molecule has 0 radical (unpaired) electrons. The van der Waals surface area contributed by atoms with Crippen LogP contribution in [-0.4, -0.2) is 54.5 Å². The quantitative estimate of drug-likeness (QED) is 0.513. The van der Waals surface area contributed by atoms with E-state index < -0.39 is 37.8 Å². The Morgan fingerprint density at radius 3 is 2.12 bits per heavy atom. The highest BCUT2D eigenvalue weighted by Crippen LogP contribution is 2.49. The number of hydrogen-bond donors (Lipinski definition) is 3. The summed E-state index contributed by atoms with van der Waals surface area (Å²) in [5.41, 5.74) is 0. The third-order valence-corrected chi connectivity index (χ3v) is 5.62. The predicted molar refractivity (Wildman–Crippen MR) is 88.4 cm³/mol. The highest BCUT2D eigenvalue weighted by molar-refractivity contribution is 7.66. The van der Waals surface area contributed by atoms with Crippen molar-refractivity contribution >= 4 is 24.6 Å². The molecule has 140 valence electrons. The van der Waals surface area contributed by atoms with Gasteiger partial charge in [0.15, 0.2) is 11.5 Å². The van der Waals surface area contributed by atoms with Gasteiger partial charge in [0, 0.05) is 12.6 Å². The van der Waals surface area contributed by atoms with E-state index in [9.17, 15) is 24.2 Å². The first-order valence-electron chi connectivity index (χ1n) is 7.23. The molecule has 0 aromatic heterocycles. The molecule has 0 spiro atoms. The summed E-state index contributed by atoms with van der Waals surface area (Å²) in [6.45, 7) is 0. The van der Waals surface area contributed by atoms with E-state index in [1.165, 1.54) is 33.5 Å². The SMILES string of the molecule is COc1ccc(P(=O)(O)CC(CCC(=O)O)C(=O)O)c(OC)c1OC. The lowest BCUT2D eigenvalue weighted by Crippen LogP contribution is -2.23. The maximum Gasteiger partial charge on any atom is 0.307 e. The predicted octanol–water partition coefficient (Wildman–Crippen LogP) is 1.17. The Kier molecular flexibility index (Phi) is 7.26. The van der Waals surface area contributed by atoms with E-state index >= 15 is 0 Å². The van der Waals surface area contributed by atoms with Crippen molar-refractivity contribution < 1.29 is 43.5 Å². The minimum Gasteiger partial charge on any atom is -0.493 e. The fraction of sp³-hybridized carbons (Fsp3) is 0.467. The van der Waals surface area contributed by atoms with Crippen molar-refractivity contribution in [3.8, 4) is 17.2 Å². The molecular weight excluding hydrogens is 355 g/mol. The van der Waals surface area contributed by atoms with Crippen molar-refractivity contribution in [3.63, 3.8) is 0 Å². The van der Waals surface area contributed by atoms with E-state index in [4.69, 9.17) is 19.3 Å². The zero-order valence-corrected chi connectivity index (χ0v) is 15.0. The number of ether oxygens (including phenoxy) is 3. The summed E-state index contributed by atoms with van der Waals surface area (Å²) in [7, 11) is -0.173. The van der Waals surface area contributed by atoms with Gasteiger partial charge in [-0.25, -0.2) is 0 Å². The number of carboxylic acids is 2. The van der Waals surface area contributed by atoms with Crippen LogP contribution in [0.3, 0.4) is 0 Å². The maximum absolute atomic E-state index is 12.8. The second-order valence-corrected chi connectivity index (χ2v) is 7.46. The first kappa shape index (κ1) is 20.8. The number of aliphatic carboxylic acids is 2. The Hall–Kier alpha value is -2.25. The van der Waals surface area contributed by atoms with Crippen LogP contribution < -0.4 is 19.5 Å². The molecule has 9 nitrogen and oxygen atoms in total. The summed E-state index contributed by atoms with van der Waals surface area (Å²) < 4.78 is 28.2. The van der Waals surface area contributed by atoms with Gasteiger partial charge in [-0.2, -0.15) is 0 Å². The van der Waals surface area contributed by atoms with Crippen molar-refractivity contribution in [1.29, 1.82) is 0 Å². The molecule has 0 aliphatic carbocycles. The van der Waals surface area contributed by atoms with Crippen LogP contribution in [0.5, 0.6) is 17.2 Å². The Morgan fingerprint density at radius 1 is 1.08 bits per heavy atom. The van der Waals surface area contributed by atoms with Crippen LogP contribution in [-0.2, 0) is 14.2 Å². The molecule has 25 heavy (non-hydrogen) atoms. The summed E-state index contributed by atoms with van der Waals surface area (Å²) in [5, 5.41) is 17.8. The minimum atomic E-state index is -4.17. The molecule has 10 heteroatoms. The van der Waals surface area contributed by atoms with Gasteiger partial charge in [-0.15, -0.1) is 0 Å². The van der Waals surface area contributed by atoms with Crippen LogP contribution in [0.25, 0.3) is 0 Å². The fourth-order valence-electron chi connectivity index (χ4n) is 2.35. The number of methoxy groups -OCH3 is 3. The maximum atomic E-state index is 12.8. The molecule has 0 amide bonds. The monoisotopic (exact) mass is 376 g/mol. The summed E-state index contributed by atoms with van der Waals surface area (Å²) >= 11 is 0. The molecule has 0 bridgehead atoms. The standard InChI is InChI=1S/C15H21O9P/c1-22-10-5-6-11(14(24-3)13(10)23-2)25(20,21)8-9(15(18)19)4-7-12(16)17/h5-6,9H,4,7-8H2,1-3H3,(H,16,17)(H,18,19)(H,20,21). The first-order chi connectivity index (χ1) is 11.7. The third kappa shape index (κ3) is 5.11. The summed E-state index contributed by atoms with van der Waals surface area (Å²) in [6, 6.07) is 2.71. The second kappa shape index (κ2) is 8.73. The lowest BCUT2D eigenvalue weighted by molar-refractivity contribution is -0.142. The molecule has 1 rings (SSSR count). The number of benzene rings is 1. The summed E-state index contributed by atoms with van der Waals surface area (Å²) in [6.07, 6.45) is -1.30. The third-order valence-electron chi connectivity index (χ3n) is 3.58. The highest BCUT2D eigenvalue weighted by atomic mass is 31.2. The van der Waals surface area contributed by atoms with Gasteiger partial charge in [0.1, 0.15) is 0 Å². The van der Waals surface area contributed by atoms with Crippen LogP contribution in [0.2, 0.25) is 0 Å². The summed E-state index contributed by atoms with van der Waals surface area (Å²) in [5.74, 6) is -3.45. The van der Waals surface area contributed by atoms with E-state index in [-0.39, 0.29) is 29.0 Å². The second-order valence-electron chi connectivity index (χ2n) is 5.21. The van der Waals surface area contributed by atoms with Gasteiger partial charge in [0.05, 0.1) is 32.6 Å². The van der Waals surface area contributed by atoms with Gasteiger partial charge >= 0.3 is 11.9 Å². The van der Waals surface area contributed by atoms with Crippen LogP contribution in [0, 0.1) is 5.92 Å². The van der Waals surface area contributed by atoms with Crippen LogP contribution >= 0.6 is 7.37 Å². The number of hydrogen-bond acceptors (Lipinski definition) is 6. The fourth-order valence-corrected chi connectivity index (χ4v) is 4.30. The van der Waals surface area contributed by atoms with Gasteiger partial charge in [0.25, 0.3) is 0 Å². The molecule has 0 aliphatic heterocycles. The van der Waals surface area contributed by atoms with E-state index in [0.717, 1.165) is 0 Å². The summed E-state index contributed by atoms with van der Waals surface area (Å²) in [4.78, 5) is 32.4. The van der Waals surface area contributed by atoms with Crippen molar-refractivity contribution in [1.82, 2.24) is 0 Å². The van der Waals surface area contributed by atoms with Gasteiger partial charge < -0.3 is 29.3 Å². The van der Waals surface area contributed by atoms with E-state index in [1.54, 1.807) is 0 Å². The Morgan fingerprint density at radius 2 is 1.68 bits per heavy atom. The zero-order chi connectivity index (χ0) is 19.2. The van der Waals surface area contributed by atoms with Gasteiger partial charge in [-0.05, 0) is 18.6 Å². The topological polar surface area (TPSA) is 140 Å². The highest BCUT2D eigenvalue weighted by Gasteiger charge is 2.34. The molecule has 0 saturated heterocycles. The average Bonchev–Trinajstić information content (AvgIpc) is 2.56. The van der Waals surface area contributed by atoms with E-state index in [2.05, 4.69) is 0 Å². The molecule has 2 atom stereocenters. The van der Waals surface area contributed by atoms with Gasteiger partial charge in [-0.3, -0.25) is 14.2 Å². The lowest BCUT2D eigenvalue weighted by atomic mass is 10.1. The van der Waals surface area contributed by atoms with Crippen LogP contribution in [0.15, 0.2) is 12.1 Å². The minimum absolute atomic E-state index is 0.0324. The molecule has 0 heterocycles. The Bertz CT molecular complexity index is 686. The van der Waals surface area contributed by atoms with E-state index in [0.29, 0.717) is 0 Å². The largest absolute Gasteiger partial charge is 0.493 e. The molecular formula is C15H21O9P. The van der Waals surface area contributed by atoms with Gasteiger partial charge in [-0.1, -0.05) is 0 Å². The van der Waals surface area contributed by atoms with Crippen molar-refractivity contribution in [2.24, 2.45) is 5.92 Å². The molecule has 1 aromatic carbocycles. The van der Waals surface area contributed by atoms with E-state index in [1.807, 2.05) is 0 Å². The molecule has 0 aliphatic rings. The lowest BCUT2D eigenvalue weighted by Gasteiger charge is -2.21. The number of rotatable bonds is 10. The Balaban J connectivity index is 3.25. The molecule has 1 aromatic rings. The van der Waals surface area contributed by atoms with Crippen molar-refractivity contribution in [2.45, 2.75) is 12.8 Å². The first-order valence-corrected chi connectivity index (χ1v) is 9.08.